The zero-order valence-electron chi connectivity index (χ0n) is 9.67. The lowest BCUT2D eigenvalue weighted by Crippen LogP contribution is -2.18. The minimum atomic E-state index is -1.41. The molecule has 0 amide bonds. The van der Waals surface area contributed by atoms with Crippen LogP contribution in [0.1, 0.15) is 27.2 Å². The maximum atomic E-state index is 9.51. The second-order valence-electron chi connectivity index (χ2n) is 3.95. The molecule has 0 heterocycles. The Bertz CT molecular complexity index is 212. The van der Waals surface area contributed by atoms with Gasteiger partial charge in [0.05, 0.1) is 6.10 Å². The number of rotatable bonds is 6. The molecule has 0 aromatic rings. The molecule has 0 aliphatic heterocycles. The molecule has 2 atom stereocenters. The summed E-state index contributed by atoms with van der Waals surface area (Å²) in [6, 6.07) is 0. The quantitative estimate of drug-likeness (QED) is 0.460. The van der Waals surface area contributed by atoms with Crippen molar-refractivity contribution < 1.29 is 15.2 Å². The SMILES string of the molecule is CC/C=C/C(/C=C/C(O)C(C)C)B(O)O. The zero-order valence-corrected chi connectivity index (χ0v) is 9.67. The van der Waals surface area contributed by atoms with E-state index in [0.29, 0.717) is 0 Å². The molecule has 0 aliphatic rings. The molecular weight excluding hydrogens is 191 g/mol. The highest BCUT2D eigenvalue weighted by molar-refractivity contribution is 6.44. The number of aliphatic hydroxyl groups is 1. The third-order valence-corrected chi connectivity index (χ3v) is 2.15. The number of aliphatic hydroxyl groups excluding tert-OH is 1. The van der Waals surface area contributed by atoms with Crippen molar-refractivity contribution in [3.05, 3.63) is 24.3 Å². The van der Waals surface area contributed by atoms with Crippen molar-refractivity contribution in [3.8, 4) is 0 Å². The molecule has 0 spiro atoms. The highest BCUT2D eigenvalue weighted by Crippen LogP contribution is 2.13. The Labute approximate surface area is 92.3 Å². The van der Waals surface area contributed by atoms with Crippen LogP contribution in [0.4, 0.5) is 0 Å². The van der Waals surface area contributed by atoms with Gasteiger partial charge in [-0.25, -0.2) is 0 Å². The summed E-state index contributed by atoms with van der Waals surface area (Å²) < 4.78 is 0. The normalized spacial score (nSPS) is 16.5. The van der Waals surface area contributed by atoms with Crippen LogP contribution in [0.5, 0.6) is 0 Å². The molecule has 0 saturated heterocycles. The molecule has 3 nitrogen and oxygen atoms in total. The standard InChI is InChI=1S/C11H21BO3/c1-4-5-6-10(12(14)15)7-8-11(13)9(2)3/h5-11,13-15H,4H2,1-3H3/b6-5+,8-7+. The lowest BCUT2D eigenvalue weighted by Gasteiger charge is -2.11. The molecule has 15 heavy (non-hydrogen) atoms. The zero-order chi connectivity index (χ0) is 11.8. The Morgan fingerprint density at radius 1 is 1.13 bits per heavy atom. The fourth-order valence-electron chi connectivity index (χ4n) is 1.02. The van der Waals surface area contributed by atoms with Crippen LogP contribution in [0.25, 0.3) is 0 Å². The van der Waals surface area contributed by atoms with Crippen molar-refractivity contribution in [1.82, 2.24) is 0 Å². The van der Waals surface area contributed by atoms with Gasteiger partial charge in [0.2, 0.25) is 0 Å². The molecule has 2 unspecified atom stereocenters. The molecule has 0 aromatic heterocycles. The van der Waals surface area contributed by atoms with Gasteiger partial charge < -0.3 is 15.2 Å². The molecule has 3 N–H and O–H groups in total. The molecule has 86 valence electrons. The molecular formula is C11H21BO3. The van der Waals surface area contributed by atoms with Crippen LogP contribution in [-0.4, -0.2) is 28.4 Å². The molecule has 0 aliphatic carbocycles. The van der Waals surface area contributed by atoms with E-state index in [2.05, 4.69) is 0 Å². The third kappa shape index (κ3) is 6.50. The van der Waals surface area contributed by atoms with Gasteiger partial charge in [0, 0.05) is 5.82 Å². The van der Waals surface area contributed by atoms with Crippen LogP contribution in [0, 0.1) is 5.92 Å². The van der Waals surface area contributed by atoms with E-state index in [4.69, 9.17) is 10.0 Å². The minimum absolute atomic E-state index is 0.132. The van der Waals surface area contributed by atoms with Gasteiger partial charge in [-0.15, -0.1) is 0 Å². The molecule has 0 bridgehead atoms. The van der Waals surface area contributed by atoms with Gasteiger partial charge in [-0.05, 0) is 12.3 Å². The van der Waals surface area contributed by atoms with E-state index in [1.54, 1.807) is 18.2 Å². The molecule has 0 radical (unpaired) electrons. The summed E-state index contributed by atoms with van der Waals surface area (Å²) in [7, 11) is -1.41. The Kier molecular flexibility index (Phi) is 7.39. The van der Waals surface area contributed by atoms with E-state index in [-0.39, 0.29) is 5.92 Å². The van der Waals surface area contributed by atoms with E-state index in [9.17, 15) is 5.11 Å². The van der Waals surface area contributed by atoms with E-state index >= 15 is 0 Å². The second kappa shape index (κ2) is 7.68. The first kappa shape index (κ1) is 14.4. The average molecular weight is 212 g/mol. The summed E-state index contributed by atoms with van der Waals surface area (Å²) in [5.41, 5.74) is 0. The predicted octanol–water partition coefficient (Wildman–Crippen LogP) is 1.37. The van der Waals surface area contributed by atoms with E-state index in [1.165, 1.54) is 0 Å². The molecule has 0 fully saturated rings. The van der Waals surface area contributed by atoms with Gasteiger partial charge in [0.15, 0.2) is 0 Å². The molecule has 0 aromatic carbocycles. The summed E-state index contributed by atoms with van der Waals surface area (Å²) in [6.45, 7) is 5.78. The van der Waals surface area contributed by atoms with Crippen LogP contribution >= 0.6 is 0 Å². The van der Waals surface area contributed by atoms with Gasteiger partial charge in [-0.1, -0.05) is 45.1 Å². The molecule has 0 saturated carbocycles. The smallest absolute Gasteiger partial charge is 0.426 e. The first-order valence-corrected chi connectivity index (χ1v) is 5.38. The highest BCUT2D eigenvalue weighted by Gasteiger charge is 2.17. The summed E-state index contributed by atoms with van der Waals surface area (Å²) in [5, 5.41) is 27.6. The van der Waals surface area contributed by atoms with Crippen LogP contribution < -0.4 is 0 Å². The number of hydrogen-bond acceptors (Lipinski definition) is 3. The van der Waals surface area contributed by atoms with E-state index in [0.717, 1.165) is 6.42 Å². The fraction of sp³-hybridized carbons (Fsp3) is 0.636. The maximum absolute atomic E-state index is 9.51. The van der Waals surface area contributed by atoms with Crippen molar-refractivity contribution in [1.29, 1.82) is 0 Å². The summed E-state index contributed by atoms with van der Waals surface area (Å²) in [4.78, 5) is 0. The van der Waals surface area contributed by atoms with Crippen molar-refractivity contribution in [3.63, 3.8) is 0 Å². The summed E-state index contributed by atoms with van der Waals surface area (Å²) in [5.74, 6) is -0.314. The largest absolute Gasteiger partial charge is 0.462 e. The van der Waals surface area contributed by atoms with Gasteiger partial charge in [-0.2, -0.15) is 0 Å². The Balaban J connectivity index is 4.34. The Morgan fingerprint density at radius 2 is 1.73 bits per heavy atom. The van der Waals surface area contributed by atoms with Crippen molar-refractivity contribution in [2.24, 2.45) is 5.92 Å². The topological polar surface area (TPSA) is 60.7 Å². The number of allylic oxidation sites excluding steroid dienone is 3. The third-order valence-electron chi connectivity index (χ3n) is 2.15. The maximum Gasteiger partial charge on any atom is 0.462 e. The highest BCUT2D eigenvalue weighted by atomic mass is 16.4. The van der Waals surface area contributed by atoms with Crippen LogP contribution in [0.15, 0.2) is 24.3 Å². The summed E-state index contributed by atoms with van der Waals surface area (Å²) >= 11 is 0. The lowest BCUT2D eigenvalue weighted by atomic mass is 9.72. The van der Waals surface area contributed by atoms with Gasteiger partial charge in [-0.3, -0.25) is 0 Å². The first-order valence-electron chi connectivity index (χ1n) is 5.38. The average Bonchev–Trinajstić information content (AvgIpc) is 2.16. The van der Waals surface area contributed by atoms with Crippen LogP contribution in [0.3, 0.4) is 0 Å². The second-order valence-corrected chi connectivity index (χ2v) is 3.95. The van der Waals surface area contributed by atoms with Crippen LogP contribution in [-0.2, 0) is 0 Å². The summed E-state index contributed by atoms with van der Waals surface area (Å²) in [6.07, 6.45) is 7.14. The van der Waals surface area contributed by atoms with E-state index < -0.39 is 19.0 Å². The lowest BCUT2D eigenvalue weighted by molar-refractivity contribution is 0.172. The predicted molar refractivity (Wildman–Crippen MR) is 63.4 cm³/mol. The van der Waals surface area contributed by atoms with E-state index in [1.807, 2.05) is 26.8 Å². The number of hydrogen-bond donors (Lipinski definition) is 3. The Hall–Kier alpha value is -0.575. The van der Waals surface area contributed by atoms with Gasteiger partial charge >= 0.3 is 7.12 Å². The fourth-order valence-corrected chi connectivity index (χ4v) is 1.02. The molecule has 4 heteroatoms. The monoisotopic (exact) mass is 212 g/mol. The van der Waals surface area contributed by atoms with Crippen molar-refractivity contribution in [2.45, 2.75) is 39.1 Å². The minimum Gasteiger partial charge on any atom is -0.426 e. The van der Waals surface area contributed by atoms with Gasteiger partial charge in [0.25, 0.3) is 0 Å². The first-order chi connectivity index (χ1) is 6.99. The van der Waals surface area contributed by atoms with Crippen molar-refractivity contribution in [2.75, 3.05) is 0 Å². The molecule has 0 rings (SSSR count). The Morgan fingerprint density at radius 3 is 2.13 bits per heavy atom. The van der Waals surface area contributed by atoms with Crippen LogP contribution in [0.2, 0.25) is 5.82 Å². The van der Waals surface area contributed by atoms with Crippen molar-refractivity contribution >= 4 is 7.12 Å². The van der Waals surface area contributed by atoms with Gasteiger partial charge in [0.1, 0.15) is 0 Å².